The third-order valence-electron chi connectivity index (χ3n) is 3.80. The van der Waals surface area contributed by atoms with E-state index in [1.807, 2.05) is 0 Å². The number of aliphatic carboxylic acids is 1. The van der Waals surface area contributed by atoms with Crippen LogP contribution in [-0.4, -0.2) is 30.3 Å². The summed E-state index contributed by atoms with van der Waals surface area (Å²) in [6.07, 6.45) is -4.73. The molecule has 0 amide bonds. The second kappa shape index (κ2) is 5.37. The summed E-state index contributed by atoms with van der Waals surface area (Å²) in [5.41, 5.74) is -2.04. The Kier molecular flexibility index (Phi) is 4.11. The van der Waals surface area contributed by atoms with E-state index in [2.05, 4.69) is 21.2 Å². The largest absolute Gasteiger partial charge is 0.481 e. The predicted octanol–water partition coefficient (Wildman–Crippen LogP) is 2.84. The van der Waals surface area contributed by atoms with Gasteiger partial charge in [-0.05, 0) is 24.6 Å². The van der Waals surface area contributed by atoms with Gasteiger partial charge >= 0.3 is 12.1 Å². The lowest BCUT2D eigenvalue weighted by atomic mass is 9.74. The molecular formula is C13H13BrF3NO2. The van der Waals surface area contributed by atoms with Gasteiger partial charge in [-0.3, -0.25) is 4.79 Å². The Morgan fingerprint density at radius 2 is 2.10 bits per heavy atom. The molecule has 2 rings (SSSR count). The molecule has 2 atom stereocenters. The lowest BCUT2D eigenvalue weighted by Gasteiger charge is -2.32. The summed E-state index contributed by atoms with van der Waals surface area (Å²) in [5.74, 6) is -2.84. The molecule has 1 aliphatic rings. The minimum Gasteiger partial charge on any atom is -0.481 e. The number of halogens is 4. The van der Waals surface area contributed by atoms with Crippen molar-refractivity contribution in [3.8, 4) is 0 Å². The highest BCUT2D eigenvalue weighted by Gasteiger charge is 2.66. The van der Waals surface area contributed by atoms with Gasteiger partial charge < -0.3 is 10.4 Å². The number of nitrogens with one attached hydrogen (secondary N) is 1. The fourth-order valence-corrected chi connectivity index (χ4v) is 3.09. The second-order valence-corrected chi connectivity index (χ2v) is 5.75. The molecular weight excluding hydrogens is 339 g/mol. The molecule has 2 unspecified atom stereocenters. The molecule has 1 aromatic rings. The van der Waals surface area contributed by atoms with Gasteiger partial charge in [0.15, 0.2) is 5.41 Å². The number of rotatable bonds is 3. The third kappa shape index (κ3) is 2.44. The second-order valence-electron chi connectivity index (χ2n) is 4.90. The first kappa shape index (κ1) is 15.3. The van der Waals surface area contributed by atoms with E-state index in [-0.39, 0.29) is 13.0 Å². The van der Waals surface area contributed by atoms with Crippen molar-refractivity contribution in [2.75, 3.05) is 13.1 Å². The Labute approximate surface area is 122 Å². The lowest BCUT2D eigenvalue weighted by Crippen LogP contribution is -2.51. The summed E-state index contributed by atoms with van der Waals surface area (Å²) in [5, 5.41) is 11.7. The molecule has 20 heavy (non-hydrogen) atoms. The van der Waals surface area contributed by atoms with Crippen molar-refractivity contribution in [1.29, 1.82) is 0 Å². The number of carboxylic acid groups (broad SMARTS) is 1. The van der Waals surface area contributed by atoms with Crippen molar-refractivity contribution in [2.24, 2.45) is 11.3 Å². The molecule has 1 heterocycles. The molecule has 0 bridgehead atoms. The molecule has 7 heteroatoms. The molecule has 1 fully saturated rings. The third-order valence-corrected chi connectivity index (χ3v) is 4.58. The summed E-state index contributed by atoms with van der Waals surface area (Å²) >= 11 is 3.28. The van der Waals surface area contributed by atoms with Crippen LogP contribution >= 0.6 is 15.9 Å². The topological polar surface area (TPSA) is 49.3 Å². The summed E-state index contributed by atoms with van der Waals surface area (Å²) in [7, 11) is 0. The van der Waals surface area contributed by atoms with Crippen LogP contribution in [0, 0.1) is 11.3 Å². The molecule has 0 saturated carbocycles. The van der Waals surface area contributed by atoms with E-state index in [9.17, 15) is 18.0 Å². The molecule has 0 radical (unpaired) electrons. The van der Waals surface area contributed by atoms with Crippen LogP contribution < -0.4 is 5.32 Å². The van der Waals surface area contributed by atoms with E-state index < -0.39 is 30.0 Å². The number of hydrogen-bond donors (Lipinski definition) is 2. The van der Waals surface area contributed by atoms with Gasteiger partial charge in [-0.25, -0.2) is 0 Å². The highest BCUT2D eigenvalue weighted by molar-refractivity contribution is 9.10. The number of hydrogen-bond acceptors (Lipinski definition) is 2. The van der Waals surface area contributed by atoms with Crippen molar-refractivity contribution in [3.63, 3.8) is 0 Å². The quantitative estimate of drug-likeness (QED) is 0.880. The van der Waals surface area contributed by atoms with Crippen LogP contribution in [0.1, 0.15) is 5.56 Å². The predicted molar refractivity (Wildman–Crippen MR) is 70.3 cm³/mol. The number of carbonyl (C=O) groups is 1. The minimum absolute atomic E-state index is 0.0349. The monoisotopic (exact) mass is 351 g/mol. The van der Waals surface area contributed by atoms with Crippen LogP contribution in [0.5, 0.6) is 0 Å². The average Bonchev–Trinajstić information content (AvgIpc) is 2.76. The van der Waals surface area contributed by atoms with Crippen molar-refractivity contribution in [1.82, 2.24) is 5.32 Å². The maximum absolute atomic E-state index is 13.3. The molecule has 3 nitrogen and oxygen atoms in total. The van der Waals surface area contributed by atoms with Gasteiger partial charge in [-0.2, -0.15) is 13.2 Å². The summed E-state index contributed by atoms with van der Waals surface area (Å²) in [6.45, 7) is -0.548. The smallest absolute Gasteiger partial charge is 0.406 e. The van der Waals surface area contributed by atoms with E-state index >= 15 is 0 Å². The molecule has 0 aromatic heterocycles. The lowest BCUT2D eigenvalue weighted by molar-refractivity contribution is -0.236. The first-order valence-corrected chi connectivity index (χ1v) is 6.82. The molecule has 2 N–H and O–H groups in total. The van der Waals surface area contributed by atoms with E-state index in [0.29, 0.717) is 10.0 Å². The molecule has 110 valence electrons. The molecule has 1 aromatic carbocycles. The van der Waals surface area contributed by atoms with Gasteiger partial charge in [-0.1, -0.05) is 34.1 Å². The van der Waals surface area contributed by atoms with Crippen molar-refractivity contribution < 1.29 is 23.1 Å². The Morgan fingerprint density at radius 1 is 1.45 bits per heavy atom. The standard InChI is InChI=1S/C13H13BrF3NO2/c14-10-4-2-1-3-8(10)5-9-6-18-7-12(9,11(19)20)13(15,16)17/h1-4,9,18H,5-7H2,(H,19,20). The normalized spacial score (nSPS) is 26.7. The zero-order valence-electron chi connectivity index (χ0n) is 10.4. The Balaban J connectivity index is 2.35. The summed E-state index contributed by atoms with van der Waals surface area (Å²) in [4.78, 5) is 11.3. The number of alkyl halides is 3. The maximum Gasteiger partial charge on any atom is 0.406 e. The zero-order chi connectivity index (χ0) is 15.0. The SMILES string of the molecule is O=C(O)C1(C(F)(F)F)CNCC1Cc1ccccc1Br. The van der Waals surface area contributed by atoms with E-state index in [1.54, 1.807) is 24.3 Å². The molecule has 0 spiro atoms. The van der Waals surface area contributed by atoms with Gasteiger partial charge in [0.2, 0.25) is 0 Å². The van der Waals surface area contributed by atoms with Crippen LogP contribution in [0.25, 0.3) is 0 Å². The van der Waals surface area contributed by atoms with Crippen LogP contribution in [0.3, 0.4) is 0 Å². The van der Waals surface area contributed by atoms with E-state index in [0.717, 1.165) is 0 Å². The van der Waals surface area contributed by atoms with Gasteiger partial charge in [-0.15, -0.1) is 0 Å². The maximum atomic E-state index is 13.3. The molecule has 1 saturated heterocycles. The van der Waals surface area contributed by atoms with Crippen LogP contribution in [0.15, 0.2) is 28.7 Å². The van der Waals surface area contributed by atoms with Gasteiger partial charge in [0.05, 0.1) is 0 Å². The van der Waals surface area contributed by atoms with Gasteiger partial charge in [0.25, 0.3) is 0 Å². The van der Waals surface area contributed by atoms with Crippen LogP contribution in [0.4, 0.5) is 13.2 Å². The Bertz CT molecular complexity index is 521. The average molecular weight is 352 g/mol. The van der Waals surface area contributed by atoms with Gasteiger partial charge in [0, 0.05) is 16.9 Å². The van der Waals surface area contributed by atoms with Crippen LogP contribution in [0.2, 0.25) is 0 Å². The highest BCUT2D eigenvalue weighted by atomic mass is 79.9. The van der Waals surface area contributed by atoms with Gasteiger partial charge in [0.1, 0.15) is 0 Å². The zero-order valence-corrected chi connectivity index (χ0v) is 12.0. The number of carboxylic acids is 1. The number of benzene rings is 1. The first-order valence-electron chi connectivity index (χ1n) is 6.03. The Hall–Kier alpha value is -1.08. The van der Waals surface area contributed by atoms with E-state index in [1.165, 1.54) is 0 Å². The van der Waals surface area contributed by atoms with E-state index in [4.69, 9.17) is 5.11 Å². The highest BCUT2D eigenvalue weighted by Crippen LogP contribution is 2.48. The van der Waals surface area contributed by atoms with Crippen molar-refractivity contribution in [2.45, 2.75) is 12.6 Å². The summed E-state index contributed by atoms with van der Waals surface area (Å²) in [6, 6.07) is 6.91. The van der Waals surface area contributed by atoms with Crippen molar-refractivity contribution >= 4 is 21.9 Å². The minimum atomic E-state index is -4.78. The summed E-state index contributed by atoms with van der Waals surface area (Å²) < 4.78 is 40.6. The Morgan fingerprint density at radius 3 is 2.65 bits per heavy atom. The molecule has 0 aliphatic carbocycles. The van der Waals surface area contributed by atoms with Crippen LogP contribution in [-0.2, 0) is 11.2 Å². The van der Waals surface area contributed by atoms with Crippen molar-refractivity contribution in [3.05, 3.63) is 34.3 Å². The fraction of sp³-hybridized carbons (Fsp3) is 0.462. The molecule has 1 aliphatic heterocycles. The first-order chi connectivity index (χ1) is 9.29. The fourth-order valence-electron chi connectivity index (χ4n) is 2.64.